The lowest BCUT2D eigenvalue weighted by atomic mass is 9.84. The Morgan fingerprint density at radius 3 is 2.36 bits per heavy atom. The smallest absolute Gasteiger partial charge is 0.392 e. The summed E-state index contributed by atoms with van der Waals surface area (Å²) >= 11 is 12.6. The molecular formula is C27H24Cl2F3NO3. The van der Waals surface area contributed by atoms with E-state index in [1.807, 2.05) is 0 Å². The first-order valence-electron chi connectivity index (χ1n) is 11.5. The second-order valence-electron chi connectivity index (χ2n) is 9.30. The Morgan fingerprint density at radius 2 is 1.72 bits per heavy atom. The highest BCUT2D eigenvalue weighted by Crippen LogP contribution is 2.46. The highest BCUT2D eigenvalue weighted by atomic mass is 35.5. The molecule has 0 aliphatic heterocycles. The van der Waals surface area contributed by atoms with Crippen LogP contribution in [-0.2, 0) is 9.59 Å². The average Bonchev–Trinajstić information content (AvgIpc) is 3.64. The molecule has 0 aromatic heterocycles. The molecule has 0 radical (unpaired) electrons. The van der Waals surface area contributed by atoms with Gasteiger partial charge < -0.3 is 10.4 Å². The Bertz CT molecular complexity index is 1310. The molecule has 0 saturated heterocycles. The molecule has 9 heteroatoms. The predicted molar refractivity (Wildman–Crippen MR) is 135 cm³/mol. The van der Waals surface area contributed by atoms with Gasteiger partial charge in [0.25, 0.3) is 0 Å². The van der Waals surface area contributed by atoms with Crippen LogP contribution in [0.5, 0.6) is 0 Å². The first-order valence-corrected chi connectivity index (χ1v) is 12.3. The fourth-order valence-corrected chi connectivity index (χ4v) is 5.03. The van der Waals surface area contributed by atoms with E-state index in [0.29, 0.717) is 16.0 Å². The standard InChI is InChI=1S/C27H24Cl2F3NO3/c1-14(27(30,31)32)25(18-8-7-15-3-2-4-21(28)20(15)11-18)26(36)33-23-12-17(9-10-22(23)29)19(13-24(34)35)16-5-6-16/h2-4,7-12,14,16,19,25H,5-6,13H2,1H3,(H,33,36)(H,34,35)/t14-,19+,25+/m1/s1. The number of carboxylic acids is 1. The van der Waals surface area contributed by atoms with Crippen LogP contribution >= 0.6 is 23.2 Å². The molecular weight excluding hydrogens is 514 g/mol. The van der Waals surface area contributed by atoms with E-state index in [9.17, 15) is 27.9 Å². The number of halogens is 5. The summed E-state index contributed by atoms with van der Waals surface area (Å²) in [6, 6.07) is 14.6. The van der Waals surface area contributed by atoms with Gasteiger partial charge in [0.05, 0.1) is 29.0 Å². The highest BCUT2D eigenvalue weighted by molar-refractivity contribution is 6.35. The van der Waals surface area contributed by atoms with Gasteiger partial charge in [-0.05, 0) is 65.5 Å². The molecule has 190 valence electrons. The van der Waals surface area contributed by atoms with Gasteiger partial charge in [-0.1, -0.05) is 60.5 Å². The number of amides is 1. The van der Waals surface area contributed by atoms with Crippen LogP contribution < -0.4 is 5.32 Å². The van der Waals surface area contributed by atoms with E-state index in [1.165, 1.54) is 18.2 Å². The topological polar surface area (TPSA) is 66.4 Å². The minimum atomic E-state index is -4.64. The first kappa shape index (κ1) is 26.3. The van der Waals surface area contributed by atoms with Gasteiger partial charge in [-0.2, -0.15) is 13.2 Å². The van der Waals surface area contributed by atoms with Crippen molar-refractivity contribution in [3.05, 3.63) is 75.8 Å². The van der Waals surface area contributed by atoms with E-state index in [-0.39, 0.29) is 34.5 Å². The first-order chi connectivity index (χ1) is 17.0. The number of alkyl halides is 3. The summed E-state index contributed by atoms with van der Waals surface area (Å²) in [5.74, 6) is -5.42. The van der Waals surface area contributed by atoms with Crippen molar-refractivity contribution in [3.63, 3.8) is 0 Å². The van der Waals surface area contributed by atoms with Crippen molar-refractivity contribution in [1.82, 2.24) is 0 Å². The summed E-state index contributed by atoms with van der Waals surface area (Å²) in [6.45, 7) is 0.967. The van der Waals surface area contributed by atoms with Crippen LogP contribution in [0.25, 0.3) is 10.8 Å². The molecule has 1 amide bonds. The quantitative estimate of drug-likeness (QED) is 0.305. The molecule has 36 heavy (non-hydrogen) atoms. The Morgan fingerprint density at radius 1 is 1.03 bits per heavy atom. The third-order valence-corrected chi connectivity index (χ3v) is 7.43. The molecule has 3 aromatic rings. The number of rotatable bonds is 8. The number of aliphatic carboxylic acids is 1. The molecule has 0 spiro atoms. The summed E-state index contributed by atoms with van der Waals surface area (Å²) in [5.41, 5.74) is 0.998. The summed E-state index contributed by atoms with van der Waals surface area (Å²) in [6.07, 6.45) is -2.91. The van der Waals surface area contributed by atoms with E-state index in [4.69, 9.17) is 23.2 Å². The molecule has 1 saturated carbocycles. The summed E-state index contributed by atoms with van der Waals surface area (Å²) in [7, 11) is 0. The van der Waals surface area contributed by atoms with E-state index in [2.05, 4.69) is 5.32 Å². The zero-order valence-electron chi connectivity index (χ0n) is 19.3. The number of anilines is 1. The SMILES string of the molecule is C[C@H]([C@H](C(=O)Nc1cc([C@@H](CC(=O)O)C2CC2)ccc1Cl)c1ccc2cccc(Cl)c2c1)C(F)(F)F. The van der Waals surface area contributed by atoms with Crippen molar-refractivity contribution in [2.24, 2.45) is 11.8 Å². The summed E-state index contributed by atoms with van der Waals surface area (Å²) in [4.78, 5) is 24.7. The second-order valence-corrected chi connectivity index (χ2v) is 10.1. The molecule has 0 bridgehead atoms. The number of hydrogen-bond donors (Lipinski definition) is 2. The lowest BCUT2D eigenvalue weighted by Gasteiger charge is -2.26. The minimum absolute atomic E-state index is 0.0781. The Labute approximate surface area is 216 Å². The minimum Gasteiger partial charge on any atom is -0.481 e. The van der Waals surface area contributed by atoms with Crippen LogP contribution in [0.4, 0.5) is 18.9 Å². The van der Waals surface area contributed by atoms with Gasteiger partial charge in [0.1, 0.15) is 0 Å². The van der Waals surface area contributed by atoms with E-state index < -0.39 is 29.9 Å². The molecule has 3 aromatic carbocycles. The Hall–Kier alpha value is -2.77. The lowest BCUT2D eigenvalue weighted by molar-refractivity contribution is -0.178. The van der Waals surface area contributed by atoms with Crippen LogP contribution in [-0.4, -0.2) is 23.2 Å². The van der Waals surface area contributed by atoms with Crippen molar-refractivity contribution in [2.75, 3.05) is 5.32 Å². The third-order valence-electron chi connectivity index (χ3n) is 6.77. The second kappa shape index (κ2) is 10.3. The van der Waals surface area contributed by atoms with Crippen LogP contribution in [0.1, 0.15) is 49.1 Å². The molecule has 0 unspecified atom stereocenters. The number of benzene rings is 3. The summed E-state index contributed by atoms with van der Waals surface area (Å²) in [5, 5.41) is 13.7. The van der Waals surface area contributed by atoms with Crippen molar-refractivity contribution >= 4 is 51.5 Å². The maximum atomic E-state index is 13.9. The van der Waals surface area contributed by atoms with E-state index in [0.717, 1.165) is 25.2 Å². The van der Waals surface area contributed by atoms with Crippen molar-refractivity contribution in [2.45, 2.75) is 44.2 Å². The largest absolute Gasteiger partial charge is 0.481 e. The van der Waals surface area contributed by atoms with Gasteiger partial charge in [0, 0.05) is 10.4 Å². The van der Waals surface area contributed by atoms with Crippen molar-refractivity contribution < 1.29 is 27.9 Å². The molecule has 1 aliphatic carbocycles. The van der Waals surface area contributed by atoms with Gasteiger partial charge in [-0.15, -0.1) is 0 Å². The maximum Gasteiger partial charge on any atom is 0.392 e. The molecule has 4 rings (SSSR count). The van der Waals surface area contributed by atoms with Crippen LogP contribution in [0.3, 0.4) is 0 Å². The zero-order chi connectivity index (χ0) is 26.2. The fraction of sp³-hybridized carbons (Fsp3) is 0.333. The average molecular weight is 538 g/mol. The Kier molecular flexibility index (Phi) is 7.53. The highest BCUT2D eigenvalue weighted by Gasteiger charge is 2.45. The van der Waals surface area contributed by atoms with E-state index in [1.54, 1.807) is 36.4 Å². The van der Waals surface area contributed by atoms with Crippen molar-refractivity contribution in [1.29, 1.82) is 0 Å². The molecule has 0 heterocycles. The van der Waals surface area contributed by atoms with Gasteiger partial charge in [0.15, 0.2) is 0 Å². The van der Waals surface area contributed by atoms with Gasteiger partial charge in [-0.3, -0.25) is 9.59 Å². The zero-order valence-corrected chi connectivity index (χ0v) is 20.8. The molecule has 1 aliphatic rings. The number of carbonyl (C=O) groups excluding carboxylic acids is 1. The maximum absolute atomic E-state index is 13.9. The predicted octanol–water partition coefficient (Wildman–Crippen LogP) is 8.04. The molecule has 3 atom stereocenters. The van der Waals surface area contributed by atoms with Gasteiger partial charge in [-0.25, -0.2) is 0 Å². The Balaban J connectivity index is 1.70. The number of carboxylic acid groups (broad SMARTS) is 1. The van der Waals surface area contributed by atoms with Crippen LogP contribution in [0, 0.1) is 11.8 Å². The molecule has 4 nitrogen and oxygen atoms in total. The number of carbonyl (C=O) groups is 2. The third kappa shape index (κ3) is 5.79. The molecule has 2 N–H and O–H groups in total. The van der Waals surface area contributed by atoms with Crippen molar-refractivity contribution in [3.8, 4) is 0 Å². The van der Waals surface area contributed by atoms with Gasteiger partial charge in [0.2, 0.25) is 5.91 Å². The van der Waals surface area contributed by atoms with E-state index >= 15 is 0 Å². The number of fused-ring (bicyclic) bond motifs is 1. The monoisotopic (exact) mass is 537 g/mol. The number of nitrogens with one attached hydrogen (secondary N) is 1. The number of hydrogen-bond acceptors (Lipinski definition) is 2. The fourth-order valence-electron chi connectivity index (χ4n) is 4.62. The van der Waals surface area contributed by atoms with Crippen LogP contribution in [0.2, 0.25) is 10.0 Å². The normalized spacial score (nSPS) is 16.4. The summed E-state index contributed by atoms with van der Waals surface area (Å²) < 4.78 is 41.6. The molecule has 1 fully saturated rings. The van der Waals surface area contributed by atoms with Crippen LogP contribution in [0.15, 0.2) is 54.6 Å². The lowest BCUT2D eigenvalue weighted by Crippen LogP contribution is -2.34. The van der Waals surface area contributed by atoms with Gasteiger partial charge >= 0.3 is 12.1 Å².